The van der Waals surface area contributed by atoms with E-state index in [0.29, 0.717) is 6.61 Å². The van der Waals surface area contributed by atoms with Crippen molar-refractivity contribution in [2.75, 3.05) is 13.7 Å². The van der Waals surface area contributed by atoms with Gasteiger partial charge in [0.25, 0.3) is 0 Å². The van der Waals surface area contributed by atoms with Gasteiger partial charge in [-0.05, 0) is 13.8 Å². The van der Waals surface area contributed by atoms with E-state index in [0.717, 1.165) is 0 Å². The zero-order chi connectivity index (χ0) is 8.69. The van der Waals surface area contributed by atoms with Crippen molar-refractivity contribution in [3.8, 4) is 0 Å². The number of allylic oxidation sites excluding steroid dienone is 1. The first-order valence-electron chi connectivity index (χ1n) is 3.53. The lowest BCUT2D eigenvalue weighted by Crippen LogP contribution is -2.16. The van der Waals surface area contributed by atoms with Crippen LogP contribution in [-0.4, -0.2) is 25.8 Å². The van der Waals surface area contributed by atoms with Crippen molar-refractivity contribution >= 4 is 5.97 Å². The second-order valence-electron chi connectivity index (χ2n) is 2.18. The van der Waals surface area contributed by atoms with Crippen molar-refractivity contribution in [3.63, 3.8) is 0 Å². The van der Waals surface area contributed by atoms with Gasteiger partial charge in [-0.1, -0.05) is 6.08 Å². The zero-order valence-electron chi connectivity index (χ0n) is 7.16. The first-order chi connectivity index (χ1) is 5.20. The van der Waals surface area contributed by atoms with Crippen LogP contribution in [0.5, 0.6) is 0 Å². The Bertz CT molecular complexity index is 140. The average molecular weight is 158 g/mol. The summed E-state index contributed by atoms with van der Waals surface area (Å²) in [6, 6.07) is 0. The second-order valence-corrected chi connectivity index (χ2v) is 2.18. The van der Waals surface area contributed by atoms with Gasteiger partial charge in [-0.2, -0.15) is 0 Å². The molecule has 0 saturated heterocycles. The van der Waals surface area contributed by atoms with Crippen molar-refractivity contribution in [2.45, 2.75) is 20.0 Å². The first-order valence-corrected chi connectivity index (χ1v) is 3.53. The molecular weight excluding hydrogens is 144 g/mol. The minimum Gasteiger partial charge on any atom is -0.460 e. The van der Waals surface area contributed by atoms with Gasteiger partial charge in [0.15, 0.2) is 0 Å². The molecule has 0 aliphatic rings. The number of ether oxygens (including phenoxy) is 2. The summed E-state index contributed by atoms with van der Waals surface area (Å²) in [5, 5.41) is 0. The molecular formula is C8H14O3. The van der Waals surface area contributed by atoms with Gasteiger partial charge >= 0.3 is 5.97 Å². The SMILES string of the molecule is CC=CC(=O)OCC(C)OC. The lowest BCUT2D eigenvalue weighted by molar-refractivity contribution is -0.140. The third-order valence-electron chi connectivity index (χ3n) is 1.17. The highest BCUT2D eigenvalue weighted by molar-refractivity contribution is 5.81. The Labute approximate surface area is 67.0 Å². The van der Waals surface area contributed by atoms with Crippen LogP contribution in [0.2, 0.25) is 0 Å². The molecule has 0 fully saturated rings. The fourth-order valence-corrected chi connectivity index (χ4v) is 0.452. The third-order valence-corrected chi connectivity index (χ3v) is 1.17. The largest absolute Gasteiger partial charge is 0.460 e. The maximum Gasteiger partial charge on any atom is 0.330 e. The Morgan fingerprint density at radius 3 is 2.73 bits per heavy atom. The molecule has 64 valence electrons. The Morgan fingerprint density at radius 1 is 1.64 bits per heavy atom. The van der Waals surface area contributed by atoms with Crippen molar-refractivity contribution in [1.29, 1.82) is 0 Å². The summed E-state index contributed by atoms with van der Waals surface area (Å²) in [7, 11) is 1.58. The molecule has 11 heavy (non-hydrogen) atoms. The van der Waals surface area contributed by atoms with Crippen molar-refractivity contribution in [2.24, 2.45) is 0 Å². The van der Waals surface area contributed by atoms with Crippen LogP contribution in [0.4, 0.5) is 0 Å². The summed E-state index contributed by atoms with van der Waals surface area (Å²) >= 11 is 0. The van der Waals surface area contributed by atoms with E-state index in [-0.39, 0.29) is 12.1 Å². The molecule has 0 radical (unpaired) electrons. The smallest absolute Gasteiger partial charge is 0.330 e. The molecule has 3 nitrogen and oxygen atoms in total. The molecule has 0 N–H and O–H groups in total. The molecule has 0 aromatic rings. The molecule has 0 aliphatic heterocycles. The van der Waals surface area contributed by atoms with E-state index in [1.807, 2.05) is 6.92 Å². The summed E-state index contributed by atoms with van der Waals surface area (Å²) in [6.45, 7) is 3.91. The van der Waals surface area contributed by atoms with Gasteiger partial charge in [0, 0.05) is 13.2 Å². The van der Waals surface area contributed by atoms with E-state index < -0.39 is 0 Å². The lowest BCUT2D eigenvalue weighted by atomic mass is 10.4. The number of rotatable bonds is 4. The van der Waals surface area contributed by atoms with E-state index in [9.17, 15) is 4.79 Å². The van der Waals surface area contributed by atoms with Crippen LogP contribution < -0.4 is 0 Å². The fraction of sp³-hybridized carbons (Fsp3) is 0.625. The molecule has 0 saturated carbocycles. The minimum absolute atomic E-state index is 0.0378. The van der Waals surface area contributed by atoms with Crippen LogP contribution in [0.1, 0.15) is 13.8 Å². The van der Waals surface area contributed by atoms with Crippen molar-refractivity contribution < 1.29 is 14.3 Å². The van der Waals surface area contributed by atoms with Gasteiger partial charge in [-0.25, -0.2) is 4.79 Å². The maximum atomic E-state index is 10.7. The van der Waals surface area contributed by atoms with E-state index in [4.69, 9.17) is 9.47 Å². The topological polar surface area (TPSA) is 35.5 Å². The first kappa shape index (κ1) is 10.2. The summed E-state index contributed by atoms with van der Waals surface area (Å²) < 4.78 is 9.66. The fourth-order valence-electron chi connectivity index (χ4n) is 0.452. The normalized spacial score (nSPS) is 13.4. The molecule has 1 atom stereocenters. The molecule has 0 rings (SSSR count). The number of methoxy groups -OCH3 is 1. The summed E-state index contributed by atoms with van der Waals surface area (Å²) in [5.41, 5.74) is 0. The summed E-state index contributed by atoms with van der Waals surface area (Å²) in [5.74, 6) is -0.323. The zero-order valence-corrected chi connectivity index (χ0v) is 7.16. The number of esters is 1. The molecule has 3 heteroatoms. The Balaban J connectivity index is 3.45. The lowest BCUT2D eigenvalue weighted by Gasteiger charge is -2.07. The average Bonchev–Trinajstić information content (AvgIpc) is 2.01. The molecule has 0 bridgehead atoms. The molecule has 0 aromatic heterocycles. The maximum absolute atomic E-state index is 10.7. The van der Waals surface area contributed by atoms with Crippen LogP contribution in [0.25, 0.3) is 0 Å². The van der Waals surface area contributed by atoms with E-state index in [1.165, 1.54) is 6.08 Å². The monoisotopic (exact) mass is 158 g/mol. The molecule has 0 aromatic carbocycles. The van der Waals surface area contributed by atoms with Gasteiger partial charge in [-0.3, -0.25) is 0 Å². The summed E-state index contributed by atoms with van der Waals surface area (Å²) in [6.07, 6.45) is 2.98. The highest BCUT2D eigenvalue weighted by Gasteiger charge is 2.01. The highest BCUT2D eigenvalue weighted by atomic mass is 16.6. The number of hydrogen-bond donors (Lipinski definition) is 0. The van der Waals surface area contributed by atoms with E-state index in [1.54, 1.807) is 20.1 Å². The van der Waals surface area contributed by atoms with Gasteiger partial charge in [0.1, 0.15) is 6.61 Å². The molecule has 0 aliphatic carbocycles. The van der Waals surface area contributed by atoms with Gasteiger partial charge < -0.3 is 9.47 Å². The Hall–Kier alpha value is -0.830. The number of hydrogen-bond acceptors (Lipinski definition) is 3. The van der Waals surface area contributed by atoms with E-state index in [2.05, 4.69) is 0 Å². The van der Waals surface area contributed by atoms with Crippen LogP contribution in [0.15, 0.2) is 12.2 Å². The van der Waals surface area contributed by atoms with Crippen LogP contribution >= 0.6 is 0 Å². The minimum atomic E-state index is -0.323. The highest BCUT2D eigenvalue weighted by Crippen LogP contribution is 1.90. The molecule has 0 spiro atoms. The molecule has 0 amide bonds. The van der Waals surface area contributed by atoms with Gasteiger partial charge in [0.05, 0.1) is 6.10 Å². The predicted molar refractivity (Wildman–Crippen MR) is 42.2 cm³/mol. The number of carbonyl (C=O) groups excluding carboxylic acids is 1. The quantitative estimate of drug-likeness (QED) is 0.454. The van der Waals surface area contributed by atoms with Gasteiger partial charge in [-0.15, -0.1) is 0 Å². The Morgan fingerprint density at radius 2 is 2.27 bits per heavy atom. The van der Waals surface area contributed by atoms with Crippen LogP contribution in [-0.2, 0) is 14.3 Å². The van der Waals surface area contributed by atoms with Crippen molar-refractivity contribution in [1.82, 2.24) is 0 Å². The summed E-state index contributed by atoms with van der Waals surface area (Å²) in [4.78, 5) is 10.7. The second kappa shape index (κ2) is 5.92. The molecule has 1 unspecified atom stereocenters. The van der Waals surface area contributed by atoms with Crippen LogP contribution in [0.3, 0.4) is 0 Å². The van der Waals surface area contributed by atoms with Crippen LogP contribution in [0, 0.1) is 0 Å². The standard InChI is InChI=1S/C8H14O3/c1-4-5-8(9)11-6-7(2)10-3/h4-5,7H,6H2,1-3H3. The predicted octanol–water partition coefficient (Wildman–Crippen LogP) is 1.14. The van der Waals surface area contributed by atoms with Gasteiger partial charge in [0.2, 0.25) is 0 Å². The molecule has 0 heterocycles. The Kier molecular flexibility index (Phi) is 5.47. The van der Waals surface area contributed by atoms with E-state index >= 15 is 0 Å². The third kappa shape index (κ3) is 5.61. The number of carbonyl (C=O) groups is 1. The van der Waals surface area contributed by atoms with Crippen molar-refractivity contribution in [3.05, 3.63) is 12.2 Å².